The molecular weight excluding hydrogens is 342 g/mol. The van der Waals surface area contributed by atoms with Crippen molar-refractivity contribution < 1.29 is 9.53 Å². The van der Waals surface area contributed by atoms with Crippen molar-refractivity contribution in [1.82, 2.24) is 14.9 Å². The molecule has 1 amide bonds. The summed E-state index contributed by atoms with van der Waals surface area (Å²) in [5, 5.41) is 0.272. The highest BCUT2D eigenvalue weighted by Gasteiger charge is 2.27. The van der Waals surface area contributed by atoms with E-state index in [1.807, 2.05) is 26.8 Å². The fraction of sp³-hybridized carbons (Fsp3) is 0.706. The van der Waals surface area contributed by atoms with Crippen LogP contribution in [0, 0.1) is 0 Å². The number of rotatable bonds is 2. The van der Waals surface area contributed by atoms with E-state index in [-0.39, 0.29) is 11.4 Å². The minimum absolute atomic E-state index is 0.259. The minimum atomic E-state index is -0.473. The Hall–Kier alpha value is -1.76. The van der Waals surface area contributed by atoms with Crippen molar-refractivity contribution in [2.24, 2.45) is 0 Å². The summed E-state index contributed by atoms with van der Waals surface area (Å²) in [6.45, 7) is 10.3. The molecule has 7 nitrogen and oxygen atoms in total. The van der Waals surface area contributed by atoms with Gasteiger partial charge in [-0.3, -0.25) is 0 Å². The number of hydrogen-bond acceptors (Lipinski definition) is 6. The molecule has 1 aromatic rings. The third-order valence-corrected chi connectivity index (χ3v) is 4.53. The summed E-state index contributed by atoms with van der Waals surface area (Å²) in [4.78, 5) is 27.0. The highest BCUT2D eigenvalue weighted by atomic mass is 35.5. The summed E-state index contributed by atoms with van der Waals surface area (Å²) < 4.78 is 5.44. The third-order valence-electron chi connectivity index (χ3n) is 4.36. The smallest absolute Gasteiger partial charge is 0.410 e. The highest BCUT2D eigenvalue weighted by Crippen LogP contribution is 2.25. The third kappa shape index (κ3) is 4.66. The van der Waals surface area contributed by atoms with Crippen LogP contribution >= 0.6 is 11.6 Å². The van der Waals surface area contributed by atoms with Crippen molar-refractivity contribution in [3.05, 3.63) is 11.3 Å². The van der Waals surface area contributed by atoms with Gasteiger partial charge in [0.2, 0.25) is 5.28 Å². The standard InChI is InChI=1S/C17H26ClN5O2/c1-17(2,3)25-16(24)23-10-8-22(9-11-23)14-12-13(19-15(18)20-14)21-6-4-5-7-21/h12H,4-11H2,1-3H3. The quantitative estimate of drug-likeness (QED) is 0.749. The molecule has 0 atom stereocenters. The Morgan fingerprint density at radius 2 is 1.52 bits per heavy atom. The maximum Gasteiger partial charge on any atom is 0.410 e. The molecule has 8 heteroatoms. The van der Waals surface area contributed by atoms with E-state index < -0.39 is 5.60 Å². The van der Waals surface area contributed by atoms with E-state index in [0.717, 1.165) is 24.7 Å². The van der Waals surface area contributed by atoms with Crippen LogP contribution in [0.5, 0.6) is 0 Å². The SMILES string of the molecule is CC(C)(C)OC(=O)N1CCN(c2cc(N3CCCC3)nc(Cl)n2)CC1. The Bertz CT molecular complexity index is 620. The maximum atomic E-state index is 12.2. The number of aromatic nitrogens is 2. The van der Waals surface area contributed by atoms with Gasteiger partial charge in [0.05, 0.1) is 0 Å². The second-order valence-corrected chi connectivity index (χ2v) is 7.84. The lowest BCUT2D eigenvalue weighted by Crippen LogP contribution is -2.50. The number of amides is 1. The van der Waals surface area contributed by atoms with E-state index in [4.69, 9.17) is 16.3 Å². The Kier molecular flexibility index (Phi) is 5.22. The Balaban J connectivity index is 1.64. The molecule has 2 saturated heterocycles. The monoisotopic (exact) mass is 367 g/mol. The first kappa shape index (κ1) is 18.0. The van der Waals surface area contributed by atoms with Gasteiger partial charge in [-0.25, -0.2) is 14.8 Å². The first-order chi connectivity index (χ1) is 11.8. The Morgan fingerprint density at radius 1 is 1.00 bits per heavy atom. The van der Waals surface area contributed by atoms with E-state index >= 15 is 0 Å². The molecule has 2 aliphatic rings. The topological polar surface area (TPSA) is 61.8 Å². The Labute approximate surface area is 153 Å². The van der Waals surface area contributed by atoms with Crippen LogP contribution in [0.2, 0.25) is 5.28 Å². The molecule has 0 unspecified atom stereocenters. The molecule has 2 aliphatic heterocycles. The molecule has 0 N–H and O–H groups in total. The van der Waals surface area contributed by atoms with E-state index in [1.54, 1.807) is 4.90 Å². The molecular formula is C17H26ClN5O2. The zero-order chi connectivity index (χ0) is 18.0. The number of hydrogen-bond donors (Lipinski definition) is 0. The molecule has 0 saturated carbocycles. The minimum Gasteiger partial charge on any atom is -0.444 e. The lowest BCUT2D eigenvalue weighted by Gasteiger charge is -2.36. The number of ether oxygens (including phenoxy) is 1. The molecule has 25 heavy (non-hydrogen) atoms. The summed E-state index contributed by atoms with van der Waals surface area (Å²) in [5.41, 5.74) is -0.473. The van der Waals surface area contributed by atoms with Gasteiger partial charge in [0, 0.05) is 45.3 Å². The van der Waals surface area contributed by atoms with Crippen molar-refractivity contribution in [2.45, 2.75) is 39.2 Å². The normalized spacial score (nSPS) is 18.6. The van der Waals surface area contributed by atoms with Crippen molar-refractivity contribution >= 4 is 29.3 Å². The lowest BCUT2D eigenvalue weighted by atomic mass is 10.2. The van der Waals surface area contributed by atoms with Gasteiger partial charge in [-0.05, 0) is 45.2 Å². The summed E-state index contributed by atoms with van der Waals surface area (Å²) in [7, 11) is 0. The van der Waals surface area contributed by atoms with Crippen LogP contribution in [0.25, 0.3) is 0 Å². The maximum absolute atomic E-state index is 12.2. The summed E-state index contributed by atoms with van der Waals surface area (Å²) in [6, 6.07) is 2.00. The van der Waals surface area contributed by atoms with Crippen LogP contribution in [0.3, 0.4) is 0 Å². The molecule has 138 valence electrons. The Morgan fingerprint density at radius 3 is 2.04 bits per heavy atom. The molecule has 3 heterocycles. The van der Waals surface area contributed by atoms with E-state index in [0.29, 0.717) is 26.2 Å². The molecule has 3 rings (SSSR count). The number of piperazine rings is 1. The fourth-order valence-electron chi connectivity index (χ4n) is 3.11. The molecule has 0 radical (unpaired) electrons. The number of carbonyl (C=O) groups excluding carboxylic acids is 1. The predicted molar refractivity (Wildman–Crippen MR) is 98.5 cm³/mol. The van der Waals surface area contributed by atoms with Crippen LogP contribution < -0.4 is 9.80 Å². The molecule has 1 aromatic heterocycles. The second-order valence-electron chi connectivity index (χ2n) is 7.50. The van der Waals surface area contributed by atoms with Gasteiger partial charge in [-0.2, -0.15) is 0 Å². The van der Waals surface area contributed by atoms with Crippen LogP contribution in [0.4, 0.5) is 16.4 Å². The largest absolute Gasteiger partial charge is 0.444 e. The van der Waals surface area contributed by atoms with Crippen LogP contribution in [0.15, 0.2) is 6.07 Å². The van der Waals surface area contributed by atoms with Gasteiger partial charge in [-0.1, -0.05) is 0 Å². The van der Waals surface area contributed by atoms with Gasteiger partial charge in [-0.15, -0.1) is 0 Å². The van der Waals surface area contributed by atoms with Crippen LogP contribution in [-0.4, -0.2) is 65.8 Å². The predicted octanol–water partition coefficient (Wildman–Crippen LogP) is 2.79. The fourth-order valence-corrected chi connectivity index (χ4v) is 3.28. The van der Waals surface area contributed by atoms with Crippen molar-refractivity contribution in [3.63, 3.8) is 0 Å². The van der Waals surface area contributed by atoms with Gasteiger partial charge in [0.15, 0.2) is 0 Å². The van der Waals surface area contributed by atoms with Gasteiger partial charge < -0.3 is 19.4 Å². The summed E-state index contributed by atoms with van der Waals surface area (Å²) >= 11 is 6.14. The first-order valence-electron chi connectivity index (χ1n) is 8.84. The van der Waals surface area contributed by atoms with E-state index in [9.17, 15) is 4.79 Å². The second kappa shape index (κ2) is 7.23. The van der Waals surface area contributed by atoms with Crippen molar-refractivity contribution in [1.29, 1.82) is 0 Å². The van der Waals surface area contributed by atoms with Crippen molar-refractivity contribution in [3.8, 4) is 0 Å². The highest BCUT2D eigenvalue weighted by molar-refractivity contribution is 6.28. The zero-order valence-corrected chi connectivity index (χ0v) is 15.9. The molecule has 0 aliphatic carbocycles. The average molecular weight is 368 g/mol. The lowest BCUT2D eigenvalue weighted by molar-refractivity contribution is 0.0240. The summed E-state index contributed by atoms with van der Waals surface area (Å²) in [6.07, 6.45) is 2.11. The van der Waals surface area contributed by atoms with E-state index in [2.05, 4.69) is 19.8 Å². The molecule has 0 aromatic carbocycles. The average Bonchev–Trinajstić information content (AvgIpc) is 3.07. The molecule has 0 spiro atoms. The summed E-state index contributed by atoms with van der Waals surface area (Å²) in [5.74, 6) is 1.72. The molecule has 0 bridgehead atoms. The van der Waals surface area contributed by atoms with Crippen LogP contribution in [-0.2, 0) is 4.74 Å². The first-order valence-corrected chi connectivity index (χ1v) is 9.22. The number of carbonyl (C=O) groups is 1. The van der Waals surface area contributed by atoms with Gasteiger partial charge in [0.1, 0.15) is 17.2 Å². The van der Waals surface area contributed by atoms with Crippen LogP contribution in [0.1, 0.15) is 33.6 Å². The van der Waals surface area contributed by atoms with Crippen molar-refractivity contribution in [2.75, 3.05) is 49.1 Å². The number of halogens is 1. The van der Waals surface area contributed by atoms with E-state index in [1.165, 1.54) is 12.8 Å². The molecule has 2 fully saturated rings. The van der Waals surface area contributed by atoms with Gasteiger partial charge >= 0.3 is 6.09 Å². The zero-order valence-electron chi connectivity index (χ0n) is 15.2. The number of nitrogens with zero attached hydrogens (tertiary/aromatic N) is 5. The number of anilines is 2. The van der Waals surface area contributed by atoms with Gasteiger partial charge in [0.25, 0.3) is 0 Å².